The topological polar surface area (TPSA) is 183 Å². The van der Waals surface area contributed by atoms with Gasteiger partial charge in [0, 0.05) is 32.2 Å². The minimum absolute atomic E-state index is 0.00107. The lowest BCUT2D eigenvalue weighted by Crippen LogP contribution is -2.70. The number of nitrogens with zero attached hydrogens (tertiary/aromatic N) is 2. The Balaban J connectivity index is 1.30. The Morgan fingerprint density at radius 2 is 1.78 bits per heavy atom. The number of ether oxygens (including phenoxy) is 5. The zero-order valence-corrected chi connectivity index (χ0v) is 36.1. The van der Waals surface area contributed by atoms with E-state index in [0.717, 1.165) is 49.7 Å². The molecule has 4 heterocycles. The average molecular weight is 842 g/mol. The van der Waals surface area contributed by atoms with Crippen molar-refractivity contribution >= 4 is 29.8 Å². The minimum atomic E-state index is -1.46. The number of carbonyl (C=O) groups excluding carboxylic acids is 4. The molecule has 1 aromatic rings. The summed E-state index contributed by atoms with van der Waals surface area (Å²) in [5, 5.41) is 23.7. The number of likely N-dealkylation sites (tertiary alicyclic amines) is 1. The summed E-state index contributed by atoms with van der Waals surface area (Å²) in [6.07, 6.45) is 8.65. The zero-order chi connectivity index (χ0) is 43.1. The molecular weight excluding hydrogens is 775 g/mol. The predicted molar refractivity (Wildman–Crippen MR) is 219 cm³/mol. The molecule has 2 bridgehead atoms. The highest BCUT2D eigenvalue weighted by Crippen LogP contribution is 2.59. The molecule has 15 heteroatoms. The highest BCUT2D eigenvalue weighted by Gasteiger charge is 2.77. The fourth-order valence-electron chi connectivity index (χ4n) is 9.64. The van der Waals surface area contributed by atoms with Crippen LogP contribution in [0.4, 0.5) is 0 Å². The molecule has 5 aliphatic rings. The molecule has 8 unspecified atom stereocenters. The fourth-order valence-corrected chi connectivity index (χ4v) is 9.64. The van der Waals surface area contributed by atoms with Crippen LogP contribution in [-0.2, 0) is 54.2 Å². The number of fused-ring (bicyclic) bond motifs is 4. The van der Waals surface area contributed by atoms with Crippen molar-refractivity contribution < 1.29 is 57.9 Å². The van der Waals surface area contributed by atoms with Crippen LogP contribution in [0.1, 0.15) is 129 Å². The van der Waals surface area contributed by atoms with E-state index >= 15 is 4.79 Å². The van der Waals surface area contributed by atoms with Crippen LogP contribution in [0.15, 0.2) is 30.5 Å². The van der Waals surface area contributed by atoms with E-state index in [9.17, 15) is 19.5 Å². The van der Waals surface area contributed by atoms with Crippen molar-refractivity contribution in [3.8, 4) is 0 Å². The molecule has 60 heavy (non-hydrogen) atoms. The van der Waals surface area contributed by atoms with Crippen LogP contribution in [0.25, 0.3) is 6.08 Å². The predicted octanol–water partition coefficient (Wildman–Crippen LogP) is 4.70. The monoisotopic (exact) mass is 841 g/mol. The molecule has 3 N–H and O–H groups in total. The first-order valence-electron chi connectivity index (χ1n) is 22.2. The maximum atomic E-state index is 15.5. The van der Waals surface area contributed by atoms with Gasteiger partial charge in [0.15, 0.2) is 11.8 Å². The maximum absolute atomic E-state index is 15.5. The maximum Gasteiger partial charge on any atom is 0.327 e. The molecular formula is C45H67N3O12. The molecule has 0 aromatic heterocycles. The van der Waals surface area contributed by atoms with Crippen molar-refractivity contribution in [2.75, 3.05) is 26.4 Å². The van der Waals surface area contributed by atoms with E-state index in [0.29, 0.717) is 25.7 Å². The van der Waals surface area contributed by atoms with Gasteiger partial charge in [0.25, 0.3) is 0 Å². The van der Waals surface area contributed by atoms with Gasteiger partial charge in [-0.15, -0.1) is 0 Å². The van der Waals surface area contributed by atoms with E-state index in [1.54, 1.807) is 36.8 Å². The van der Waals surface area contributed by atoms with E-state index < -0.39 is 83.8 Å². The van der Waals surface area contributed by atoms with Crippen LogP contribution >= 0.6 is 0 Å². The molecule has 1 aromatic carbocycles. The first kappa shape index (κ1) is 45.9. The lowest BCUT2D eigenvalue weighted by Gasteiger charge is -2.50. The quantitative estimate of drug-likeness (QED) is 0.0882. The number of unbranched alkanes of at least 4 members (excludes halogenated alkanes) is 4. The Hall–Kier alpha value is -3.60. The number of benzene rings is 1. The second-order valence-electron chi connectivity index (χ2n) is 18.0. The number of rotatable bonds is 21. The molecule has 1 aliphatic carbocycles. The lowest BCUT2D eigenvalue weighted by molar-refractivity contribution is -0.225. The molecule has 8 atom stereocenters. The SMILES string of the molecule is CCCCCC1(CCCCC)OC2C3CC4(C(=O)N5CCCC5C(=O)NC(CO)CCC(=O)OC(C)(C)C)C(ON(Cc5cccc(C=COCCO)c5)C4C(=O)O3)C2O1. The van der Waals surface area contributed by atoms with Crippen LogP contribution in [0.3, 0.4) is 0 Å². The molecule has 6 rings (SSSR count). The van der Waals surface area contributed by atoms with Gasteiger partial charge in [0.1, 0.15) is 48.1 Å². The summed E-state index contributed by atoms with van der Waals surface area (Å²) in [4.78, 5) is 64.9. The van der Waals surface area contributed by atoms with Crippen LogP contribution in [0.5, 0.6) is 0 Å². The van der Waals surface area contributed by atoms with Gasteiger partial charge in [-0.2, -0.15) is 5.06 Å². The van der Waals surface area contributed by atoms with Crippen LogP contribution in [0.2, 0.25) is 0 Å². The van der Waals surface area contributed by atoms with Crippen molar-refractivity contribution in [1.29, 1.82) is 0 Å². The number of hydroxylamine groups is 2. The lowest BCUT2D eigenvalue weighted by atomic mass is 9.62. The van der Waals surface area contributed by atoms with E-state index in [2.05, 4.69) is 19.2 Å². The van der Waals surface area contributed by atoms with Gasteiger partial charge in [-0.1, -0.05) is 63.8 Å². The number of amides is 2. The van der Waals surface area contributed by atoms with Crippen molar-refractivity contribution in [1.82, 2.24) is 15.3 Å². The summed E-state index contributed by atoms with van der Waals surface area (Å²) in [6, 6.07) is 4.89. The van der Waals surface area contributed by atoms with Crippen molar-refractivity contribution in [2.24, 2.45) is 5.41 Å². The highest BCUT2D eigenvalue weighted by atomic mass is 16.8. The van der Waals surface area contributed by atoms with Gasteiger partial charge in [0.2, 0.25) is 11.8 Å². The van der Waals surface area contributed by atoms with Gasteiger partial charge in [-0.25, -0.2) is 0 Å². The largest absolute Gasteiger partial charge is 0.499 e. The third-order valence-electron chi connectivity index (χ3n) is 12.3. The Kier molecular flexibility index (Phi) is 15.4. The number of esters is 2. The molecule has 1 saturated carbocycles. The van der Waals surface area contributed by atoms with E-state index in [-0.39, 0.29) is 51.5 Å². The molecule has 15 nitrogen and oxygen atoms in total. The van der Waals surface area contributed by atoms with Crippen LogP contribution in [0, 0.1) is 5.41 Å². The number of aliphatic hydroxyl groups is 2. The summed E-state index contributed by atoms with van der Waals surface area (Å²) in [5.74, 6) is -2.76. The summed E-state index contributed by atoms with van der Waals surface area (Å²) in [6.45, 7) is 9.72. The zero-order valence-electron chi connectivity index (χ0n) is 36.1. The normalized spacial score (nSPS) is 28.7. The summed E-state index contributed by atoms with van der Waals surface area (Å²) in [7, 11) is 0. The van der Waals surface area contributed by atoms with Gasteiger partial charge >= 0.3 is 11.9 Å². The summed E-state index contributed by atoms with van der Waals surface area (Å²) in [5.41, 5.74) is -0.489. The summed E-state index contributed by atoms with van der Waals surface area (Å²) >= 11 is 0. The van der Waals surface area contributed by atoms with Crippen molar-refractivity contribution in [3.63, 3.8) is 0 Å². The third-order valence-corrected chi connectivity index (χ3v) is 12.3. The van der Waals surface area contributed by atoms with E-state index in [4.69, 9.17) is 33.6 Å². The summed E-state index contributed by atoms with van der Waals surface area (Å²) < 4.78 is 31.0. The van der Waals surface area contributed by atoms with Gasteiger partial charge in [-0.05, 0) is 70.1 Å². The average Bonchev–Trinajstić information content (AvgIpc) is 3.94. The highest BCUT2D eigenvalue weighted by molar-refractivity contribution is 5.96. The molecule has 5 fully saturated rings. The molecule has 334 valence electrons. The smallest absolute Gasteiger partial charge is 0.327 e. The van der Waals surface area contributed by atoms with Crippen LogP contribution in [-0.4, -0.2) is 124 Å². The van der Waals surface area contributed by atoms with Gasteiger partial charge in [-0.3, -0.25) is 24.0 Å². The second kappa shape index (κ2) is 20.1. The Morgan fingerprint density at radius 1 is 1.05 bits per heavy atom. The molecule has 0 spiro atoms. The van der Waals surface area contributed by atoms with Gasteiger partial charge < -0.3 is 44.1 Å². The fraction of sp³-hybridized carbons (Fsp3) is 0.733. The first-order chi connectivity index (χ1) is 28.8. The number of hydrogen-bond acceptors (Lipinski definition) is 13. The molecule has 2 amide bonds. The number of nitrogens with one attached hydrogen (secondary N) is 1. The Morgan fingerprint density at radius 3 is 2.47 bits per heavy atom. The molecule has 4 saturated heterocycles. The third kappa shape index (κ3) is 10.2. The van der Waals surface area contributed by atoms with Crippen LogP contribution < -0.4 is 5.32 Å². The van der Waals surface area contributed by atoms with E-state index in [1.807, 2.05) is 24.3 Å². The van der Waals surface area contributed by atoms with Gasteiger partial charge in [0.05, 0.1) is 32.1 Å². The second-order valence-corrected chi connectivity index (χ2v) is 18.0. The molecule has 0 radical (unpaired) electrons. The minimum Gasteiger partial charge on any atom is -0.499 e. The number of carbonyl (C=O) groups is 4. The first-order valence-corrected chi connectivity index (χ1v) is 22.2. The Labute approximate surface area is 354 Å². The van der Waals surface area contributed by atoms with Crippen molar-refractivity contribution in [2.45, 2.75) is 179 Å². The molecule has 4 aliphatic heterocycles. The standard InChI is InChI=1S/C45H67N3O12/c1-6-8-10-20-44(21-11-9-7-2)58-36-34-27-45(42(54)47-22-13-16-33(47)40(52)46-32(29-50)17-18-35(51)57-43(3,4)5)38(41(53)56-34)48(60-39(45)37(36)59-44)28-31-15-12-14-30(26-31)19-24-55-25-23-49/h12,14-15,19,24,26,32-34,36-39,49-50H,6-11,13,16-18,20-23,25,27-29H2,1-5H3,(H,46,52). The van der Waals surface area contributed by atoms with E-state index in [1.165, 1.54) is 6.26 Å². The number of aliphatic hydroxyl groups excluding tert-OH is 2. The van der Waals surface area contributed by atoms with Crippen molar-refractivity contribution in [3.05, 3.63) is 41.7 Å². The number of hydrogen-bond donors (Lipinski definition) is 3. The Bertz CT molecular complexity index is 1670.